The predicted molar refractivity (Wildman–Crippen MR) is 67.4 cm³/mol. The van der Waals surface area contributed by atoms with Gasteiger partial charge in [-0.05, 0) is 12.0 Å². The summed E-state index contributed by atoms with van der Waals surface area (Å²) in [6, 6.07) is 10.8. The molecule has 1 aromatic rings. The van der Waals surface area contributed by atoms with Gasteiger partial charge in [-0.15, -0.1) is 6.42 Å². The van der Waals surface area contributed by atoms with Crippen LogP contribution in [-0.2, 0) is 4.79 Å². The van der Waals surface area contributed by atoms with Gasteiger partial charge in [-0.3, -0.25) is 4.79 Å². The molecule has 3 nitrogen and oxygen atoms in total. The Morgan fingerprint density at radius 3 is 2.88 bits per heavy atom. The van der Waals surface area contributed by atoms with Crippen LogP contribution in [0.2, 0.25) is 0 Å². The van der Waals surface area contributed by atoms with Crippen molar-refractivity contribution in [3.8, 4) is 12.3 Å². The summed E-state index contributed by atoms with van der Waals surface area (Å²) in [4.78, 5) is 11.3. The van der Waals surface area contributed by atoms with Crippen molar-refractivity contribution in [1.29, 1.82) is 0 Å². The maximum Gasteiger partial charge on any atom is 0.234 e. The normalized spacial score (nSPS) is 21.6. The van der Waals surface area contributed by atoms with E-state index in [9.17, 15) is 4.79 Å². The number of carbonyl (C=O) groups excluding carboxylic acids is 1. The minimum absolute atomic E-state index is 0.0401. The van der Waals surface area contributed by atoms with E-state index in [2.05, 4.69) is 28.7 Å². The summed E-state index contributed by atoms with van der Waals surface area (Å²) in [5.74, 6) is 2.89. The highest BCUT2D eigenvalue weighted by molar-refractivity contribution is 5.78. The molecule has 1 aliphatic carbocycles. The second-order valence-corrected chi connectivity index (χ2v) is 4.22. The highest BCUT2D eigenvalue weighted by Gasteiger charge is 2.37. The van der Waals surface area contributed by atoms with Crippen molar-refractivity contribution in [2.75, 3.05) is 13.1 Å². The molecule has 0 radical (unpaired) electrons. The molecule has 88 valence electrons. The van der Waals surface area contributed by atoms with Crippen molar-refractivity contribution < 1.29 is 4.79 Å². The largest absolute Gasteiger partial charge is 0.344 e. The van der Waals surface area contributed by atoms with Gasteiger partial charge >= 0.3 is 0 Å². The van der Waals surface area contributed by atoms with Crippen LogP contribution in [0, 0.1) is 12.3 Å². The molecule has 2 rings (SSSR count). The summed E-state index contributed by atoms with van der Waals surface area (Å²) < 4.78 is 0. The Balaban J connectivity index is 1.71. The molecule has 1 fully saturated rings. The zero-order valence-corrected chi connectivity index (χ0v) is 9.65. The Labute approximate surface area is 102 Å². The van der Waals surface area contributed by atoms with E-state index in [4.69, 9.17) is 6.42 Å². The molecule has 2 N–H and O–H groups in total. The first-order valence-corrected chi connectivity index (χ1v) is 5.79. The first kappa shape index (κ1) is 11.7. The Morgan fingerprint density at radius 1 is 1.41 bits per heavy atom. The number of benzene rings is 1. The van der Waals surface area contributed by atoms with Gasteiger partial charge in [0.25, 0.3) is 0 Å². The predicted octanol–water partition coefficient (Wildman–Crippen LogP) is 0.881. The SMILES string of the molecule is C#CCNC(=O)CN[C@H]1CC1c1ccccc1. The Bertz CT molecular complexity index is 422. The maximum atomic E-state index is 11.3. The maximum absolute atomic E-state index is 11.3. The smallest absolute Gasteiger partial charge is 0.234 e. The molecular weight excluding hydrogens is 212 g/mol. The van der Waals surface area contributed by atoms with E-state index in [1.165, 1.54) is 5.56 Å². The minimum Gasteiger partial charge on any atom is -0.344 e. The van der Waals surface area contributed by atoms with Crippen LogP contribution >= 0.6 is 0 Å². The second kappa shape index (κ2) is 5.51. The molecule has 17 heavy (non-hydrogen) atoms. The van der Waals surface area contributed by atoms with Crippen molar-refractivity contribution in [1.82, 2.24) is 10.6 Å². The van der Waals surface area contributed by atoms with Crippen molar-refractivity contribution in [2.45, 2.75) is 18.4 Å². The summed E-state index contributed by atoms with van der Waals surface area (Å²) in [7, 11) is 0. The van der Waals surface area contributed by atoms with Crippen LogP contribution in [0.3, 0.4) is 0 Å². The average molecular weight is 228 g/mol. The molecule has 0 aliphatic heterocycles. The molecule has 0 aromatic heterocycles. The molecule has 2 atom stereocenters. The van der Waals surface area contributed by atoms with Crippen molar-refractivity contribution >= 4 is 5.91 Å². The van der Waals surface area contributed by atoms with E-state index >= 15 is 0 Å². The van der Waals surface area contributed by atoms with Gasteiger partial charge in [-0.25, -0.2) is 0 Å². The first-order chi connectivity index (χ1) is 8.31. The minimum atomic E-state index is -0.0401. The zero-order chi connectivity index (χ0) is 12.1. The molecule has 3 heteroatoms. The highest BCUT2D eigenvalue weighted by atomic mass is 16.1. The summed E-state index contributed by atoms with van der Waals surface area (Å²) >= 11 is 0. The summed E-state index contributed by atoms with van der Waals surface area (Å²) in [5.41, 5.74) is 1.34. The lowest BCUT2D eigenvalue weighted by molar-refractivity contribution is -0.120. The number of hydrogen-bond donors (Lipinski definition) is 2. The van der Waals surface area contributed by atoms with Crippen LogP contribution in [0.4, 0.5) is 0 Å². The molecule has 0 bridgehead atoms. The van der Waals surface area contributed by atoms with E-state index < -0.39 is 0 Å². The number of hydrogen-bond acceptors (Lipinski definition) is 2. The lowest BCUT2D eigenvalue weighted by Gasteiger charge is -2.04. The van der Waals surface area contributed by atoms with Gasteiger partial charge in [-0.1, -0.05) is 36.3 Å². The highest BCUT2D eigenvalue weighted by Crippen LogP contribution is 2.40. The summed E-state index contributed by atoms with van der Waals surface area (Å²) in [6.45, 7) is 0.642. The molecule has 1 saturated carbocycles. The molecule has 1 aromatic carbocycles. The van der Waals surface area contributed by atoms with Crippen LogP contribution in [-0.4, -0.2) is 25.0 Å². The Kier molecular flexibility index (Phi) is 3.79. The lowest BCUT2D eigenvalue weighted by atomic mass is 10.1. The molecule has 1 unspecified atom stereocenters. The number of rotatable bonds is 5. The Hall–Kier alpha value is -1.79. The molecule has 0 saturated heterocycles. The fourth-order valence-corrected chi connectivity index (χ4v) is 1.93. The summed E-state index contributed by atoms with van der Waals surface area (Å²) in [5, 5.41) is 5.87. The van der Waals surface area contributed by atoms with Gasteiger partial charge in [-0.2, -0.15) is 0 Å². The fourth-order valence-electron chi connectivity index (χ4n) is 1.93. The van der Waals surface area contributed by atoms with Crippen LogP contribution in [0.1, 0.15) is 17.9 Å². The second-order valence-electron chi connectivity index (χ2n) is 4.22. The van der Waals surface area contributed by atoms with Crippen LogP contribution in [0.15, 0.2) is 30.3 Å². The quantitative estimate of drug-likeness (QED) is 0.735. The number of nitrogens with one attached hydrogen (secondary N) is 2. The van der Waals surface area contributed by atoms with Crippen molar-refractivity contribution in [2.24, 2.45) is 0 Å². The molecule has 0 spiro atoms. The molecule has 1 amide bonds. The fraction of sp³-hybridized carbons (Fsp3) is 0.357. The third-order valence-corrected chi connectivity index (χ3v) is 2.93. The third-order valence-electron chi connectivity index (χ3n) is 2.93. The van der Waals surface area contributed by atoms with Gasteiger partial charge in [0.15, 0.2) is 0 Å². The zero-order valence-electron chi connectivity index (χ0n) is 9.65. The molecule has 0 heterocycles. The third kappa shape index (κ3) is 3.33. The molecule has 1 aliphatic rings. The van der Waals surface area contributed by atoms with E-state index in [1.807, 2.05) is 18.2 Å². The van der Waals surface area contributed by atoms with Gasteiger partial charge in [0, 0.05) is 12.0 Å². The van der Waals surface area contributed by atoms with Gasteiger partial charge < -0.3 is 10.6 Å². The van der Waals surface area contributed by atoms with E-state index in [1.54, 1.807) is 0 Å². The standard InChI is InChI=1S/C14H16N2O/c1-2-8-15-14(17)10-16-13-9-12(13)11-6-4-3-5-7-11/h1,3-7,12-13,16H,8-10H2,(H,15,17)/t12?,13-/m0/s1. The first-order valence-electron chi connectivity index (χ1n) is 5.79. The van der Waals surface area contributed by atoms with E-state index in [-0.39, 0.29) is 5.91 Å². The number of terminal acetylenes is 1. The van der Waals surface area contributed by atoms with Crippen molar-refractivity contribution in [3.05, 3.63) is 35.9 Å². The van der Waals surface area contributed by atoms with Gasteiger partial charge in [0.2, 0.25) is 5.91 Å². The van der Waals surface area contributed by atoms with Crippen LogP contribution in [0.25, 0.3) is 0 Å². The lowest BCUT2D eigenvalue weighted by Crippen LogP contribution is -2.35. The van der Waals surface area contributed by atoms with Gasteiger partial charge in [0.05, 0.1) is 13.1 Å². The summed E-state index contributed by atoms with van der Waals surface area (Å²) in [6.07, 6.45) is 6.16. The number of carbonyl (C=O) groups is 1. The molecular formula is C14H16N2O. The Morgan fingerprint density at radius 2 is 2.18 bits per heavy atom. The van der Waals surface area contributed by atoms with E-state index in [0.29, 0.717) is 25.0 Å². The van der Waals surface area contributed by atoms with Gasteiger partial charge in [0.1, 0.15) is 0 Å². The van der Waals surface area contributed by atoms with E-state index in [0.717, 1.165) is 6.42 Å². The average Bonchev–Trinajstić information content (AvgIpc) is 3.14. The van der Waals surface area contributed by atoms with Crippen LogP contribution < -0.4 is 10.6 Å². The van der Waals surface area contributed by atoms with Crippen molar-refractivity contribution in [3.63, 3.8) is 0 Å². The monoisotopic (exact) mass is 228 g/mol. The number of amides is 1. The topological polar surface area (TPSA) is 41.1 Å². The van der Waals surface area contributed by atoms with Crippen LogP contribution in [0.5, 0.6) is 0 Å².